The average Bonchev–Trinajstić information content (AvgIpc) is 3.20. The van der Waals surface area contributed by atoms with Crippen molar-refractivity contribution in [1.82, 2.24) is 14.3 Å². The second-order valence-electron chi connectivity index (χ2n) is 8.03. The number of carbonyl (C=O) groups excluding carboxylic acids is 1. The molecule has 1 heterocycles. The standard InChI is InChI=1S/C24H32N3O5P/c1-26(2)14-13-19-17-27(23-16-20(30-3)11-12-21(19)23)33(29,32-5)25-22(24(28)31-4)15-18-9-7-6-8-10-18/h6-12,16-17,22H,13-15H2,1-5H3,(H,25,29). The molecule has 2 unspecified atom stereocenters. The lowest BCUT2D eigenvalue weighted by Gasteiger charge is -2.24. The van der Waals surface area contributed by atoms with Crippen LogP contribution in [0.25, 0.3) is 10.9 Å². The van der Waals surface area contributed by atoms with Crippen LogP contribution in [0, 0.1) is 0 Å². The molecule has 0 saturated heterocycles. The first-order valence-corrected chi connectivity index (χ1v) is 12.3. The predicted octanol–water partition coefficient (Wildman–Crippen LogP) is 3.73. The number of methoxy groups -OCH3 is 2. The highest BCUT2D eigenvalue weighted by atomic mass is 31.2. The fourth-order valence-corrected chi connectivity index (χ4v) is 5.46. The maximum absolute atomic E-state index is 14.1. The number of aromatic nitrogens is 1. The first kappa shape index (κ1) is 25.0. The SMILES string of the molecule is COC(=O)C(Cc1ccccc1)NP(=O)(OC)n1cc(CCN(C)C)c2ccc(OC)cc21. The van der Waals surface area contributed by atoms with Gasteiger partial charge in [0.2, 0.25) is 0 Å². The fourth-order valence-electron chi connectivity index (χ4n) is 3.72. The molecule has 178 valence electrons. The van der Waals surface area contributed by atoms with Crippen molar-refractivity contribution in [2.45, 2.75) is 18.9 Å². The monoisotopic (exact) mass is 473 g/mol. The molecule has 3 rings (SSSR count). The van der Waals surface area contributed by atoms with Gasteiger partial charge in [-0.3, -0.25) is 9.13 Å². The fraction of sp³-hybridized carbons (Fsp3) is 0.375. The van der Waals surface area contributed by atoms with Crippen LogP contribution in [0.5, 0.6) is 5.75 Å². The van der Waals surface area contributed by atoms with Crippen molar-refractivity contribution < 1.29 is 23.4 Å². The quantitative estimate of drug-likeness (QED) is 0.336. The molecular formula is C24H32N3O5P. The van der Waals surface area contributed by atoms with Gasteiger partial charge in [-0.15, -0.1) is 0 Å². The highest BCUT2D eigenvalue weighted by molar-refractivity contribution is 7.55. The number of benzene rings is 2. The normalized spacial score (nSPS) is 14.2. The van der Waals surface area contributed by atoms with E-state index >= 15 is 0 Å². The van der Waals surface area contributed by atoms with E-state index in [1.807, 2.05) is 68.8 Å². The van der Waals surface area contributed by atoms with Crippen LogP contribution >= 0.6 is 7.67 Å². The van der Waals surface area contributed by atoms with Crippen molar-refractivity contribution >= 4 is 24.5 Å². The lowest BCUT2D eigenvalue weighted by Crippen LogP contribution is -2.39. The summed E-state index contributed by atoms with van der Waals surface area (Å²) in [5, 5.41) is 3.93. The van der Waals surface area contributed by atoms with Crippen LogP contribution in [-0.4, -0.2) is 63.2 Å². The molecule has 2 atom stereocenters. The van der Waals surface area contributed by atoms with Crippen LogP contribution in [0.15, 0.2) is 54.7 Å². The Morgan fingerprint density at radius 1 is 1.12 bits per heavy atom. The summed E-state index contributed by atoms with van der Waals surface area (Å²) in [6, 6.07) is 14.3. The minimum absolute atomic E-state index is 0.302. The van der Waals surface area contributed by atoms with Gasteiger partial charge in [-0.2, -0.15) is 0 Å². The summed E-state index contributed by atoms with van der Waals surface area (Å²) in [6.07, 6.45) is 2.90. The highest BCUT2D eigenvalue weighted by Crippen LogP contribution is 2.48. The number of fused-ring (bicyclic) bond motifs is 1. The van der Waals surface area contributed by atoms with Gasteiger partial charge in [0.1, 0.15) is 11.8 Å². The van der Waals surface area contributed by atoms with E-state index in [1.165, 1.54) is 14.2 Å². The smallest absolute Gasteiger partial charge is 0.373 e. The van der Waals surface area contributed by atoms with Crippen LogP contribution in [0.3, 0.4) is 0 Å². The van der Waals surface area contributed by atoms with Crippen LogP contribution in [0.2, 0.25) is 0 Å². The zero-order valence-electron chi connectivity index (χ0n) is 19.8. The van der Waals surface area contributed by atoms with E-state index in [-0.39, 0.29) is 0 Å². The minimum atomic E-state index is -3.72. The highest BCUT2D eigenvalue weighted by Gasteiger charge is 2.34. The number of hydrogen-bond acceptors (Lipinski definition) is 6. The topological polar surface area (TPSA) is 82.0 Å². The van der Waals surface area contributed by atoms with E-state index in [0.29, 0.717) is 17.7 Å². The van der Waals surface area contributed by atoms with Crippen molar-refractivity contribution in [1.29, 1.82) is 0 Å². The molecule has 9 heteroatoms. The summed E-state index contributed by atoms with van der Waals surface area (Å²) >= 11 is 0. The van der Waals surface area contributed by atoms with E-state index in [2.05, 4.69) is 9.99 Å². The molecule has 0 amide bonds. The number of rotatable bonds is 11. The third-order valence-corrected chi connectivity index (χ3v) is 7.55. The van der Waals surface area contributed by atoms with E-state index in [0.717, 1.165) is 29.5 Å². The molecule has 0 radical (unpaired) electrons. The summed E-state index contributed by atoms with van der Waals surface area (Å²) in [5.74, 6) is 0.121. The molecule has 3 aromatic rings. The average molecular weight is 474 g/mol. The molecular weight excluding hydrogens is 441 g/mol. The molecule has 33 heavy (non-hydrogen) atoms. The number of ether oxygens (including phenoxy) is 2. The summed E-state index contributed by atoms with van der Waals surface area (Å²) in [7, 11) is 4.57. The van der Waals surface area contributed by atoms with Crippen LogP contribution < -0.4 is 9.82 Å². The molecule has 0 bridgehead atoms. The predicted molar refractivity (Wildman–Crippen MR) is 130 cm³/mol. The first-order chi connectivity index (χ1) is 15.8. The summed E-state index contributed by atoms with van der Waals surface area (Å²) < 4.78 is 31.7. The number of esters is 1. The molecule has 8 nitrogen and oxygen atoms in total. The molecule has 0 spiro atoms. The molecule has 1 aromatic heterocycles. The van der Waals surface area contributed by atoms with Crippen LogP contribution in [0.4, 0.5) is 0 Å². The molecule has 0 aliphatic carbocycles. The Hall–Kier alpha value is -2.64. The summed E-state index contributed by atoms with van der Waals surface area (Å²) in [6.45, 7) is 0.828. The van der Waals surface area contributed by atoms with Crippen molar-refractivity contribution in [2.24, 2.45) is 0 Å². The lowest BCUT2D eigenvalue weighted by molar-refractivity contribution is -0.142. The maximum atomic E-state index is 14.1. The molecule has 2 aromatic carbocycles. The minimum Gasteiger partial charge on any atom is -0.497 e. The first-order valence-electron chi connectivity index (χ1n) is 10.7. The number of carbonyl (C=O) groups is 1. The Balaban J connectivity index is 2.05. The zero-order chi connectivity index (χ0) is 24.0. The second kappa shape index (κ2) is 11.0. The van der Waals surface area contributed by atoms with Crippen molar-refractivity contribution in [3.63, 3.8) is 0 Å². The summed E-state index contributed by atoms with van der Waals surface area (Å²) in [5.41, 5.74) is 2.64. The number of hydrogen-bond donors (Lipinski definition) is 1. The van der Waals surface area contributed by atoms with Gasteiger partial charge in [0.05, 0.1) is 19.7 Å². The molecule has 0 aliphatic rings. The Morgan fingerprint density at radius 2 is 1.85 bits per heavy atom. The Kier molecular flexibility index (Phi) is 8.32. The molecule has 0 saturated carbocycles. The van der Waals surface area contributed by atoms with Gasteiger partial charge in [-0.05, 0) is 50.2 Å². The third kappa shape index (κ3) is 5.84. The molecule has 1 N–H and O–H groups in total. The zero-order valence-corrected chi connectivity index (χ0v) is 20.7. The van der Waals surface area contributed by atoms with Crippen molar-refractivity contribution in [3.05, 3.63) is 65.9 Å². The third-order valence-electron chi connectivity index (χ3n) is 5.52. The summed E-state index contributed by atoms with van der Waals surface area (Å²) in [4.78, 5) is 14.7. The van der Waals surface area contributed by atoms with Gasteiger partial charge < -0.3 is 18.9 Å². The Morgan fingerprint density at radius 3 is 2.45 bits per heavy atom. The van der Waals surface area contributed by atoms with E-state index in [4.69, 9.17) is 14.0 Å². The van der Waals surface area contributed by atoms with E-state index in [9.17, 15) is 9.36 Å². The largest absolute Gasteiger partial charge is 0.497 e. The lowest BCUT2D eigenvalue weighted by atomic mass is 10.1. The van der Waals surface area contributed by atoms with Gasteiger partial charge in [0.15, 0.2) is 0 Å². The molecule has 0 aliphatic heterocycles. The van der Waals surface area contributed by atoms with Crippen molar-refractivity contribution in [3.8, 4) is 5.75 Å². The van der Waals surface area contributed by atoms with Crippen LogP contribution in [0.1, 0.15) is 11.1 Å². The number of likely N-dealkylation sites (N-methyl/N-ethyl adjacent to an activating group) is 1. The number of nitrogens with one attached hydrogen (secondary N) is 1. The Bertz CT molecular complexity index is 1130. The van der Waals surface area contributed by atoms with Gasteiger partial charge in [0, 0.05) is 31.3 Å². The van der Waals surface area contributed by atoms with Crippen LogP contribution in [-0.2, 0) is 31.5 Å². The van der Waals surface area contributed by atoms with E-state index < -0.39 is 19.7 Å². The Labute approximate surface area is 195 Å². The second-order valence-corrected chi connectivity index (χ2v) is 10.1. The van der Waals surface area contributed by atoms with Crippen molar-refractivity contribution in [2.75, 3.05) is 42.0 Å². The van der Waals surface area contributed by atoms with Gasteiger partial charge in [-0.25, -0.2) is 9.65 Å². The maximum Gasteiger partial charge on any atom is 0.373 e. The number of nitrogens with zero attached hydrogens (tertiary/aromatic N) is 2. The van der Waals surface area contributed by atoms with Gasteiger partial charge in [0.25, 0.3) is 0 Å². The van der Waals surface area contributed by atoms with Gasteiger partial charge in [-0.1, -0.05) is 30.3 Å². The van der Waals surface area contributed by atoms with E-state index in [1.54, 1.807) is 11.4 Å². The van der Waals surface area contributed by atoms with Gasteiger partial charge >= 0.3 is 13.6 Å². The molecule has 0 fully saturated rings.